The van der Waals surface area contributed by atoms with Crippen molar-refractivity contribution in [1.29, 1.82) is 5.26 Å². The normalized spacial score (nSPS) is 11.5. The van der Waals surface area contributed by atoms with E-state index in [0.717, 1.165) is 16.5 Å². The number of fused-ring (bicyclic) bond motifs is 1. The van der Waals surface area contributed by atoms with Crippen molar-refractivity contribution >= 4 is 24.2 Å². The zero-order valence-electron chi connectivity index (χ0n) is 14.9. The molecule has 0 aliphatic heterocycles. The van der Waals surface area contributed by atoms with Gasteiger partial charge in [0.15, 0.2) is 0 Å². The van der Waals surface area contributed by atoms with Gasteiger partial charge >= 0.3 is 0 Å². The van der Waals surface area contributed by atoms with Crippen LogP contribution in [0.15, 0.2) is 42.6 Å². The van der Waals surface area contributed by atoms with E-state index in [1.54, 1.807) is 0 Å². The summed E-state index contributed by atoms with van der Waals surface area (Å²) < 4.78 is 0. The molecule has 0 amide bonds. The fourth-order valence-electron chi connectivity index (χ4n) is 3.18. The predicted octanol–water partition coefficient (Wildman–Crippen LogP) is 4.94. The molecule has 3 heteroatoms. The SMILES string of the molecule is Cc1ccc(-c2ccnc3c(C#N)c(C)cc([Si](C)(C)C)c23)cc1. The lowest BCUT2D eigenvalue weighted by atomic mass is 9.97. The Labute approximate surface area is 144 Å². The molecule has 0 saturated carbocycles. The third kappa shape index (κ3) is 2.74. The van der Waals surface area contributed by atoms with Crippen LogP contribution < -0.4 is 5.19 Å². The maximum absolute atomic E-state index is 9.63. The zero-order chi connectivity index (χ0) is 17.5. The number of aryl methyl sites for hydroxylation is 2. The van der Waals surface area contributed by atoms with Crippen LogP contribution in [0.25, 0.3) is 22.0 Å². The van der Waals surface area contributed by atoms with Crippen LogP contribution >= 0.6 is 0 Å². The maximum atomic E-state index is 9.63. The van der Waals surface area contributed by atoms with Gasteiger partial charge in [0.25, 0.3) is 0 Å². The molecule has 3 aromatic rings. The van der Waals surface area contributed by atoms with Gasteiger partial charge in [-0.25, -0.2) is 0 Å². The Morgan fingerprint density at radius 3 is 2.25 bits per heavy atom. The average Bonchev–Trinajstić information content (AvgIpc) is 2.53. The van der Waals surface area contributed by atoms with Crippen LogP contribution in [0.3, 0.4) is 0 Å². The average molecular weight is 331 g/mol. The van der Waals surface area contributed by atoms with Gasteiger partial charge in [-0.05, 0) is 41.8 Å². The van der Waals surface area contributed by atoms with Crippen LogP contribution in [0.5, 0.6) is 0 Å². The first kappa shape index (κ1) is 16.4. The fourth-order valence-corrected chi connectivity index (χ4v) is 4.83. The van der Waals surface area contributed by atoms with E-state index in [2.05, 4.69) is 74.0 Å². The monoisotopic (exact) mass is 330 g/mol. The topological polar surface area (TPSA) is 36.7 Å². The van der Waals surface area contributed by atoms with Crippen molar-refractivity contribution in [1.82, 2.24) is 4.98 Å². The lowest BCUT2D eigenvalue weighted by Crippen LogP contribution is -2.38. The largest absolute Gasteiger partial charge is 0.255 e. The van der Waals surface area contributed by atoms with Crippen molar-refractivity contribution in [2.75, 3.05) is 0 Å². The standard InChI is InChI=1S/C21H22N2Si/c1-14-6-8-16(9-7-14)17-10-11-23-21-18(13-22)15(2)12-19(20(17)21)24(3,4)5/h6-12H,1-5H3. The van der Waals surface area contributed by atoms with Crippen LogP contribution in [0.2, 0.25) is 19.6 Å². The van der Waals surface area contributed by atoms with Crippen LogP contribution in [0.1, 0.15) is 16.7 Å². The van der Waals surface area contributed by atoms with Gasteiger partial charge in [-0.3, -0.25) is 4.98 Å². The smallest absolute Gasteiger partial charge is 0.102 e. The van der Waals surface area contributed by atoms with Gasteiger partial charge in [-0.2, -0.15) is 5.26 Å². The van der Waals surface area contributed by atoms with Crippen molar-refractivity contribution in [2.24, 2.45) is 0 Å². The lowest BCUT2D eigenvalue weighted by molar-refractivity contribution is 1.35. The van der Waals surface area contributed by atoms with E-state index in [9.17, 15) is 5.26 Å². The fraction of sp³-hybridized carbons (Fsp3) is 0.238. The molecule has 0 fully saturated rings. The van der Waals surface area contributed by atoms with Gasteiger partial charge < -0.3 is 0 Å². The van der Waals surface area contributed by atoms with E-state index >= 15 is 0 Å². The molecule has 0 N–H and O–H groups in total. The highest BCUT2D eigenvalue weighted by atomic mass is 28.3. The molecule has 1 aromatic heterocycles. The number of rotatable bonds is 2. The van der Waals surface area contributed by atoms with Crippen molar-refractivity contribution in [2.45, 2.75) is 33.5 Å². The Morgan fingerprint density at radius 2 is 1.67 bits per heavy atom. The molecule has 0 saturated heterocycles. The van der Waals surface area contributed by atoms with Crippen LogP contribution in [0.4, 0.5) is 0 Å². The second-order valence-electron chi connectivity index (χ2n) is 7.43. The van der Waals surface area contributed by atoms with Gasteiger partial charge in [-0.15, -0.1) is 0 Å². The summed E-state index contributed by atoms with van der Waals surface area (Å²) in [7, 11) is -1.59. The Bertz CT molecular complexity index is 958. The Morgan fingerprint density at radius 1 is 1.00 bits per heavy atom. The molecule has 0 aliphatic rings. The summed E-state index contributed by atoms with van der Waals surface area (Å²) in [6, 6.07) is 15.2. The Balaban J connectivity index is 2.48. The Kier molecular flexibility index (Phi) is 4.02. The number of hydrogen-bond donors (Lipinski definition) is 0. The van der Waals surface area contributed by atoms with E-state index in [1.165, 1.54) is 21.9 Å². The van der Waals surface area contributed by atoms with E-state index < -0.39 is 8.07 Å². The number of benzene rings is 2. The second kappa shape index (κ2) is 5.88. The molecule has 0 radical (unpaired) electrons. The lowest BCUT2D eigenvalue weighted by Gasteiger charge is -2.22. The van der Waals surface area contributed by atoms with E-state index in [-0.39, 0.29) is 0 Å². The highest BCUT2D eigenvalue weighted by Crippen LogP contribution is 2.31. The molecule has 0 aliphatic carbocycles. The summed E-state index contributed by atoms with van der Waals surface area (Å²) in [5.74, 6) is 0. The summed E-state index contributed by atoms with van der Waals surface area (Å²) in [5, 5.41) is 12.2. The molecular weight excluding hydrogens is 308 g/mol. The number of pyridine rings is 1. The first-order valence-electron chi connectivity index (χ1n) is 8.23. The highest BCUT2D eigenvalue weighted by Gasteiger charge is 2.24. The van der Waals surface area contributed by atoms with Crippen LogP contribution in [-0.2, 0) is 0 Å². The first-order valence-corrected chi connectivity index (χ1v) is 11.7. The molecule has 2 aromatic carbocycles. The van der Waals surface area contributed by atoms with Crippen molar-refractivity contribution in [3.8, 4) is 17.2 Å². The molecular formula is C21H22N2Si. The minimum atomic E-state index is -1.59. The molecule has 2 nitrogen and oxygen atoms in total. The molecule has 0 atom stereocenters. The second-order valence-corrected chi connectivity index (χ2v) is 12.5. The van der Waals surface area contributed by atoms with Gasteiger partial charge in [0.05, 0.1) is 19.2 Å². The van der Waals surface area contributed by atoms with Crippen molar-refractivity contribution in [3.05, 3.63) is 59.3 Å². The third-order valence-corrected chi connectivity index (χ3v) is 6.51. The molecule has 3 rings (SSSR count). The summed E-state index contributed by atoms with van der Waals surface area (Å²) in [4.78, 5) is 4.59. The van der Waals surface area contributed by atoms with Crippen LogP contribution in [0, 0.1) is 25.2 Å². The summed E-state index contributed by atoms with van der Waals surface area (Å²) in [5.41, 5.74) is 6.16. The highest BCUT2D eigenvalue weighted by molar-refractivity contribution is 6.90. The minimum Gasteiger partial charge on any atom is -0.255 e. The predicted molar refractivity (Wildman–Crippen MR) is 104 cm³/mol. The van der Waals surface area contributed by atoms with Crippen molar-refractivity contribution < 1.29 is 0 Å². The van der Waals surface area contributed by atoms with E-state index in [1.807, 2.05) is 13.1 Å². The maximum Gasteiger partial charge on any atom is 0.102 e. The molecule has 0 spiro atoms. The van der Waals surface area contributed by atoms with Crippen molar-refractivity contribution in [3.63, 3.8) is 0 Å². The van der Waals surface area contributed by atoms with Gasteiger partial charge in [0, 0.05) is 11.6 Å². The molecule has 120 valence electrons. The minimum absolute atomic E-state index is 0.695. The number of nitrogens with zero attached hydrogens (tertiary/aromatic N) is 2. The number of nitriles is 1. The third-order valence-electron chi connectivity index (χ3n) is 4.49. The molecule has 1 heterocycles. The quantitative estimate of drug-likeness (QED) is 0.624. The first-order chi connectivity index (χ1) is 11.3. The molecule has 0 unspecified atom stereocenters. The van der Waals surface area contributed by atoms with E-state index in [0.29, 0.717) is 5.56 Å². The number of hydrogen-bond acceptors (Lipinski definition) is 2. The summed E-state index contributed by atoms with van der Waals surface area (Å²) >= 11 is 0. The summed E-state index contributed by atoms with van der Waals surface area (Å²) in [6.07, 6.45) is 1.83. The Hall–Kier alpha value is -2.44. The van der Waals surface area contributed by atoms with Gasteiger partial charge in [0.1, 0.15) is 6.07 Å². The van der Waals surface area contributed by atoms with Gasteiger partial charge in [-0.1, -0.05) is 55.5 Å². The molecule has 24 heavy (non-hydrogen) atoms. The van der Waals surface area contributed by atoms with Crippen LogP contribution in [-0.4, -0.2) is 13.1 Å². The summed E-state index contributed by atoms with van der Waals surface area (Å²) in [6.45, 7) is 11.2. The van der Waals surface area contributed by atoms with E-state index in [4.69, 9.17) is 0 Å². The molecule has 0 bridgehead atoms. The zero-order valence-corrected chi connectivity index (χ0v) is 15.9. The number of aromatic nitrogens is 1. The van der Waals surface area contributed by atoms with Gasteiger partial charge in [0.2, 0.25) is 0 Å².